The van der Waals surface area contributed by atoms with Crippen molar-refractivity contribution in [2.75, 3.05) is 14.2 Å². The summed E-state index contributed by atoms with van der Waals surface area (Å²) >= 11 is 0. The number of benzene rings is 3. The number of hydrogen-bond acceptors (Lipinski definition) is 5. The van der Waals surface area contributed by atoms with Crippen molar-refractivity contribution in [2.24, 2.45) is 11.8 Å². The van der Waals surface area contributed by atoms with Gasteiger partial charge in [-0.2, -0.15) is 0 Å². The third kappa shape index (κ3) is 5.37. The Kier molecular flexibility index (Phi) is 8.26. The molecule has 0 saturated heterocycles. The van der Waals surface area contributed by atoms with Crippen molar-refractivity contribution in [2.45, 2.75) is 95.4 Å². The van der Waals surface area contributed by atoms with Crippen LogP contribution in [0.25, 0.3) is 11.1 Å². The molecule has 2 fully saturated rings. The number of phosphoric ester groups is 1. The number of methoxy groups -OCH3 is 2. The Morgan fingerprint density at radius 3 is 2.45 bits per heavy atom. The average Bonchev–Trinajstić information content (AvgIpc) is 3.11. The molecule has 3 aromatic rings. The highest BCUT2D eigenvalue weighted by Crippen LogP contribution is 2.68. The summed E-state index contributed by atoms with van der Waals surface area (Å²) in [5.41, 5.74) is 8.05. The maximum absolute atomic E-state index is 14.2. The zero-order valence-electron chi connectivity index (χ0n) is 26.2. The molecule has 7 rings (SSSR count). The first-order valence-corrected chi connectivity index (χ1v) is 17.9. The molecule has 0 spiro atoms. The number of ether oxygens (including phenoxy) is 2. The molecule has 5 unspecified atom stereocenters. The molecule has 1 aliphatic heterocycles. The minimum absolute atomic E-state index is 0.0633. The van der Waals surface area contributed by atoms with E-state index >= 15 is 0 Å². The van der Waals surface area contributed by atoms with E-state index in [1.165, 1.54) is 30.4 Å². The molecule has 3 aromatic carbocycles. The fourth-order valence-corrected chi connectivity index (χ4v) is 10.4. The molecule has 1 N–H and O–H groups in total. The molecule has 7 heteroatoms. The summed E-state index contributed by atoms with van der Waals surface area (Å²) in [6.45, 7) is 3.13. The Labute approximate surface area is 261 Å². The third-order valence-electron chi connectivity index (χ3n) is 10.9. The van der Waals surface area contributed by atoms with Gasteiger partial charge in [0.2, 0.25) is 0 Å². The van der Waals surface area contributed by atoms with Gasteiger partial charge in [0.05, 0.1) is 18.8 Å². The van der Waals surface area contributed by atoms with Crippen molar-refractivity contribution in [3.05, 3.63) is 88.0 Å². The molecular formula is C37H45O6P. The number of hydrogen-bond donors (Lipinski definition) is 1. The fourth-order valence-electron chi connectivity index (χ4n) is 9.24. The van der Waals surface area contributed by atoms with Gasteiger partial charge in [0.15, 0.2) is 0 Å². The second kappa shape index (κ2) is 12.0. The standard InChI is InChI=1S/C37H45O6P/c1-37-33(29-15-9-11-25(19-29)23-41-3)21-28-13-5-7-17-31(28)35(37)34-30-16-6-4-12-27(30)20-32(36(34)42-44(38,39)43-37)26-14-8-10-24(18-26)22-40-2/h8-11,14-15,18-20,28,31,33,35H,4-7,12-13,16-17,21-23H2,1-3H3,(H,38,39)/t28?,31?,33?,35-,37?/m1/s1. The Morgan fingerprint density at radius 1 is 0.932 bits per heavy atom. The van der Waals surface area contributed by atoms with Gasteiger partial charge in [0.25, 0.3) is 0 Å². The first-order chi connectivity index (χ1) is 21.3. The number of fused-ring (bicyclic) bond motifs is 7. The summed E-state index contributed by atoms with van der Waals surface area (Å²) in [7, 11) is -1.09. The number of phosphoric acid groups is 1. The van der Waals surface area contributed by atoms with Crippen LogP contribution >= 0.6 is 7.82 Å². The second-order valence-electron chi connectivity index (χ2n) is 13.6. The first kappa shape index (κ1) is 30.2. The van der Waals surface area contributed by atoms with E-state index in [9.17, 15) is 9.46 Å². The molecule has 6 atom stereocenters. The summed E-state index contributed by atoms with van der Waals surface area (Å²) in [5.74, 6) is 1.29. The number of aryl methyl sites for hydroxylation is 1. The smallest absolute Gasteiger partial charge is 0.403 e. The lowest BCUT2D eigenvalue weighted by molar-refractivity contribution is -0.0622. The second-order valence-corrected chi connectivity index (χ2v) is 14.9. The Balaban J connectivity index is 1.49. The molecule has 2 saturated carbocycles. The predicted octanol–water partition coefficient (Wildman–Crippen LogP) is 8.87. The third-order valence-corrected chi connectivity index (χ3v) is 12.0. The van der Waals surface area contributed by atoms with Gasteiger partial charge < -0.3 is 14.0 Å². The average molecular weight is 617 g/mol. The summed E-state index contributed by atoms with van der Waals surface area (Å²) < 4.78 is 38.0. The van der Waals surface area contributed by atoms with Crippen molar-refractivity contribution in [1.82, 2.24) is 0 Å². The zero-order valence-corrected chi connectivity index (χ0v) is 27.1. The zero-order chi connectivity index (χ0) is 30.5. The van der Waals surface area contributed by atoms with Gasteiger partial charge in [0.1, 0.15) is 5.75 Å². The first-order valence-electron chi connectivity index (χ1n) is 16.4. The largest absolute Gasteiger partial charge is 0.528 e. The molecule has 234 valence electrons. The van der Waals surface area contributed by atoms with Crippen LogP contribution in [0, 0.1) is 11.8 Å². The van der Waals surface area contributed by atoms with Crippen LogP contribution in [0.3, 0.4) is 0 Å². The summed E-state index contributed by atoms with van der Waals surface area (Å²) in [4.78, 5) is 11.6. The molecular weight excluding hydrogens is 571 g/mol. The Morgan fingerprint density at radius 2 is 1.66 bits per heavy atom. The number of rotatable bonds is 6. The lowest BCUT2D eigenvalue weighted by Crippen LogP contribution is -2.51. The molecule has 0 aromatic heterocycles. The van der Waals surface area contributed by atoms with Gasteiger partial charge in [-0.15, -0.1) is 0 Å². The van der Waals surface area contributed by atoms with Gasteiger partial charge in [-0.25, -0.2) is 4.57 Å². The van der Waals surface area contributed by atoms with E-state index in [-0.39, 0.29) is 11.8 Å². The molecule has 0 radical (unpaired) electrons. The van der Waals surface area contributed by atoms with Crippen molar-refractivity contribution in [3.8, 4) is 16.9 Å². The maximum atomic E-state index is 14.2. The Bertz CT molecular complexity index is 1580. The molecule has 0 bridgehead atoms. The lowest BCUT2D eigenvalue weighted by Gasteiger charge is -2.55. The molecule has 4 aliphatic rings. The van der Waals surface area contributed by atoms with Crippen LogP contribution in [0.4, 0.5) is 0 Å². The van der Waals surface area contributed by atoms with E-state index in [2.05, 4.69) is 55.5 Å². The molecule has 6 nitrogen and oxygen atoms in total. The maximum Gasteiger partial charge on any atom is 0.528 e. The van der Waals surface area contributed by atoms with Gasteiger partial charge in [-0.3, -0.25) is 9.42 Å². The molecule has 3 aliphatic carbocycles. The van der Waals surface area contributed by atoms with Crippen LogP contribution in [-0.4, -0.2) is 24.7 Å². The van der Waals surface area contributed by atoms with E-state index in [0.29, 0.717) is 30.8 Å². The van der Waals surface area contributed by atoms with Crippen LogP contribution in [0.5, 0.6) is 5.75 Å². The topological polar surface area (TPSA) is 74.2 Å². The highest BCUT2D eigenvalue weighted by Gasteiger charge is 2.60. The van der Waals surface area contributed by atoms with Crippen LogP contribution in [0.15, 0.2) is 54.6 Å². The van der Waals surface area contributed by atoms with Gasteiger partial charge in [0, 0.05) is 37.2 Å². The van der Waals surface area contributed by atoms with Crippen molar-refractivity contribution >= 4 is 7.82 Å². The van der Waals surface area contributed by atoms with E-state index in [1.807, 2.05) is 6.07 Å². The Hall–Kier alpha value is -2.47. The van der Waals surface area contributed by atoms with E-state index in [1.54, 1.807) is 14.2 Å². The van der Waals surface area contributed by atoms with E-state index < -0.39 is 13.4 Å². The van der Waals surface area contributed by atoms with Crippen LogP contribution < -0.4 is 4.52 Å². The highest BCUT2D eigenvalue weighted by atomic mass is 31.2. The fraction of sp³-hybridized carbons (Fsp3) is 0.514. The summed E-state index contributed by atoms with van der Waals surface area (Å²) in [5, 5.41) is 0. The van der Waals surface area contributed by atoms with Crippen molar-refractivity contribution in [3.63, 3.8) is 0 Å². The quantitative estimate of drug-likeness (QED) is 0.279. The monoisotopic (exact) mass is 616 g/mol. The van der Waals surface area contributed by atoms with E-state index in [4.69, 9.17) is 18.5 Å². The lowest BCUT2D eigenvalue weighted by atomic mass is 9.52. The van der Waals surface area contributed by atoms with Crippen LogP contribution in [0.2, 0.25) is 0 Å². The van der Waals surface area contributed by atoms with Crippen LogP contribution in [-0.2, 0) is 44.6 Å². The van der Waals surface area contributed by atoms with Gasteiger partial charge >= 0.3 is 7.82 Å². The highest BCUT2D eigenvalue weighted by molar-refractivity contribution is 7.47. The van der Waals surface area contributed by atoms with Crippen molar-refractivity contribution < 1.29 is 28.0 Å². The molecule has 1 heterocycles. The van der Waals surface area contributed by atoms with Crippen LogP contribution in [0.1, 0.15) is 97.1 Å². The normalized spacial score (nSPS) is 31.1. The van der Waals surface area contributed by atoms with E-state index in [0.717, 1.165) is 71.9 Å². The summed E-state index contributed by atoms with van der Waals surface area (Å²) in [6.07, 6.45) is 9.84. The summed E-state index contributed by atoms with van der Waals surface area (Å²) in [6, 6.07) is 19.1. The predicted molar refractivity (Wildman–Crippen MR) is 172 cm³/mol. The molecule has 44 heavy (non-hydrogen) atoms. The van der Waals surface area contributed by atoms with Gasteiger partial charge in [-0.05, 0) is 103 Å². The minimum atomic E-state index is -4.50. The van der Waals surface area contributed by atoms with Gasteiger partial charge in [-0.1, -0.05) is 61.7 Å². The SMILES string of the molecule is COCc1cccc(-c2cc3c(c4c2OP(=O)(O)OC2(C)C(c5cccc(COC)c5)CC5CCCCC5[C@H]42)CCCC3)c1. The minimum Gasteiger partial charge on any atom is -0.403 e. The van der Waals surface area contributed by atoms with Crippen molar-refractivity contribution in [1.29, 1.82) is 0 Å². The molecule has 0 amide bonds.